The summed E-state index contributed by atoms with van der Waals surface area (Å²) in [5.74, 6) is -0.332. The van der Waals surface area contributed by atoms with E-state index in [1.807, 2.05) is 79.3 Å². The molecule has 1 aliphatic rings. The number of carbonyl (C=O) groups is 1. The van der Waals surface area contributed by atoms with E-state index in [4.69, 9.17) is 11.6 Å². The zero-order valence-corrected chi connectivity index (χ0v) is 21.6. The number of anilines is 1. The lowest BCUT2D eigenvalue weighted by molar-refractivity contribution is -0.113. The van der Waals surface area contributed by atoms with Crippen molar-refractivity contribution >= 4 is 40.6 Å². The molecule has 2 aromatic heterocycles. The summed E-state index contributed by atoms with van der Waals surface area (Å²) in [5.41, 5.74) is 3.70. The van der Waals surface area contributed by atoms with E-state index in [9.17, 15) is 9.59 Å². The van der Waals surface area contributed by atoms with Crippen molar-refractivity contribution in [2.45, 2.75) is 33.4 Å². The monoisotopic (exact) mass is 517 g/mol. The van der Waals surface area contributed by atoms with Gasteiger partial charge in [-0.15, -0.1) is 0 Å². The molecule has 0 fully saturated rings. The van der Waals surface area contributed by atoms with Crippen LogP contribution in [0.15, 0.2) is 81.9 Å². The maximum absolute atomic E-state index is 13.8. The number of carbonyl (C=O) groups excluding carboxylic acids is 1. The summed E-state index contributed by atoms with van der Waals surface area (Å²) in [6.45, 7) is 6.45. The predicted octanol–water partition coefficient (Wildman–Crippen LogP) is 4.05. The van der Waals surface area contributed by atoms with Crippen molar-refractivity contribution in [3.63, 3.8) is 0 Å². The highest BCUT2D eigenvalue weighted by Crippen LogP contribution is 2.34. The van der Waals surface area contributed by atoms with Crippen molar-refractivity contribution in [2.75, 3.05) is 5.32 Å². The van der Waals surface area contributed by atoms with Gasteiger partial charge < -0.3 is 5.32 Å². The Balaban J connectivity index is 1.70. The van der Waals surface area contributed by atoms with E-state index in [1.165, 1.54) is 11.3 Å². The highest BCUT2D eigenvalue weighted by Gasteiger charge is 2.33. The lowest BCUT2D eigenvalue weighted by atomic mass is 9.95. The van der Waals surface area contributed by atoms with Crippen LogP contribution < -0.4 is 20.2 Å². The number of benzene rings is 2. The average Bonchev–Trinajstić information content (AvgIpc) is 3.37. The molecular formula is C27H24ClN5O2S. The summed E-state index contributed by atoms with van der Waals surface area (Å²) in [6, 6.07) is 15.7. The molecule has 4 aromatic rings. The SMILES string of the molecule is CCn1cc(/C=c2/sc3n(c2=O)[C@@H](c2ccccc2Cl)C(C(=O)Nc2ccccc2)=C(C)N=3)c(C)n1. The number of thiazole rings is 1. The fourth-order valence-electron chi connectivity index (χ4n) is 4.30. The van der Waals surface area contributed by atoms with Gasteiger partial charge in [0.05, 0.1) is 27.5 Å². The number of fused-ring (bicyclic) bond motifs is 1. The lowest BCUT2D eigenvalue weighted by Crippen LogP contribution is -2.40. The normalized spacial score (nSPS) is 15.6. The molecule has 7 nitrogen and oxygen atoms in total. The van der Waals surface area contributed by atoms with Gasteiger partial charge >= 0.3 is 0 Å². The highest BCUT2D eigenvalue weighted by molar-refractivity contribution is 7.07. The second kappa shape index (κ2) is 9.72. The van der Waals surface area contributed by atoms with Crippen LogP contribution in [0.1, 0.15) is 36.7 Å². The minimum Gasteiger partial charge on any atom is -0.322 e. The molecule has 0 unspecified atom stereocenters. The summed E-state index contributed by atoms with van der Waals surface area (Å²) in [5, 5.41) is 7.89. The van der Waals surface area contributed by atoms with Crippen molar-refractivity contribution in [2.24, 2.45) is 4.99 Å². The van der Waals surface area contributed by atoms with Crippen molar-refractivity contribution in [1.29, 1.82) is 0 Å². The lowest BCUT2D eigenvalue weighted by Gasteiger charge is -2.26. The van der Waals surface area contributed by atoms with E-state index in [2.05, 4.69) is 15.4 Å². The first-order chi connectivity index (χ1) is 17.4. The Bertz CT molecular complexity index is 1680. The number of hydrogen-bond acceptors (Lipinski definition) is 5. The van der Waals surface area contributed by atoms with Crippen LogP contribution in [-0.2, 0) is 11.3 Å². The third-order valence-corrected chi connectivity index (χ3v) is 7.42. The van der Waals surface area contributed by atoms with Crippen LogP contribution in [0.25, 0.3) is 6.08 Å². The van der Waals surface area contributed by atoms with Gasteiger partial charge in [-0.1, -0.05) is 59.3 Å². The number of para-hydroxylation sites is 1. The first-order valence-corrected chi connectivity index (χ1v) is 12.7. The van der Waals surface area contributed by atoms with E-state index in [0.717, 1.165) is 17.8 Å². The summed E-state index contributed by atoms with van der Waals surface area (Å²) >= 11 is 7.91. The quantitative estimate of drug-likeness (QED) is 0.433. The molecule has 5 rings (SSSR count). The summed E-state index contributed by atoms with van der Waals surface area (Å²) in [6.07, 6.45) is 3.76. The Labute approximate surface area is 216 Å². The number of nitrogens with zero attached hydrogens (tertiary/aromatic N) is 4. The first-order valence-electron chi connectivity index (χ1n) is 11.5. The molecule has 1 N–H and O–H groups in total. The summed E-state index contributed by atoms with van der Waals surface area (Å²) in [7, 11) is 0. The molecule has 9 heteroatoms. The molecule has 1 aliphatic heterocycles. The Morgan fingerprint density at radius 1 is 1.14 bits per heavy atom. The third kappa shape index (κ3) is 4.34. The molecular weight excluding hydrogens is 494 g/mol. The molecule has 0 radical (unpaired) electrons. The highest BCUT2D eigenvalue weighted by atomic mass is 35.5. The van der Waals surface area contributed by atoms with Gasteiger partial charge in [-0.05, 0) is 50.6 Å². The molecule has 0 saturated carbocycles. The molecule has 1 atom stereocenters. The van der Waals surface area contributed by atoms with Gasteiger partial charge in [0.25, 0.3) is 11.5 Å². The fourth-order valence-corrected chi connectivity index (χ4v) is 5.58. The van der Waals surface area contributed by atoms with Crippen LogP contribution in [0.2, 0.25) is 5.02 Å². The van der Waals surface area contributed by atoms with E-state index in [0.29, 0.717) is 36.9 Å². The number of rotatable bonds is 5. The molecule has 36 heavy (non-hydrogen) atoms. The molecule has 0 aliphatic carbocycles. The average molecular weight is 518 g/mol. The Kier molecular flexibility index (Phi) is 6.47. The topological polar surface area (TPSA) is 81.3 Å². The Morgan fingerprint density at radius 3 is 2.56 bits per heavy atom. The summed E-state index contributed by atoms with van der Waals surface area (Å²) < 4.78 is 3.92. The first kappa shape index (κ1) is 24.0. The van der Waals surface area contributed by atoms with E-state index < -0.39 is 6.04 Å². The van der Waals surface area contributed by atoms with E-state index >= 15 is 0 Å². The maximum Gasteiger partial charge on any atom is 0.271 e. The van der Waals surface area contributed by atoms with Gasteiger partial charge in [-0.25, -0.2) is 4.99 Å². The number of aromatic nitrogens is 3. The van der Waals surface area contributed by atoms with E-state index in [-0.39, 0.29) is 11.5 Å². The van der Waals surface area contributed by atoms with Crippen LogP contribution in [-0.4, -0.2) is 20.3 Å². The van der Waals surface area contributed by atoms with Crippen LogP contribution in [0.4, 0.5) is 5.69 Å². The number of hydrogen-bond donors (Lipinski definition) is 1. The molecule has 3 heterocycles. The number of allylic oxidation sites excluding steroid dienone is 1. The number of aryl methyl sites for hydroxylation is 2. The van der Waals surface area contributed by atoms with Gasteiger partial charge in [0.15, 0.2) is 4.80 Å². The predicted molar refractivity (Wildman–Crippen MR) is 143 cm³/mol. The second-order valence-electron chi connectivity index (χ2n) is 8.45. The second-order valence-corrected chi connectivity index (χ2v) is 9.87. The van der Waals surface area contributed by atoms with Gasteiger partial charge in [0.1, 0.15) is 0 Å². The zero-order valence-electron chi connectivity index (χ0n) is 20.0. The van der Waals surface area contributed by atoms with Crippen molar-refractivity contribution in [3.8, 4) is 0 Å². The molecule has 1 amide bonds. The van der Waals surface area contributed by atoms with Crippen molar-refractivity contribution in [1.82, 2.24) is 14.3 Å². The van der Waals surface area contributed by atoms with Crippen LogP contribution in [0.5, 0.6) is 0 Å². The summed E-state index contributed by atoms with van der Waals surface area (Å²) in [4.78, 5) is 32.6. The minimum atomic E-state index is -0.722. The van der Waals surface area contributed by atoms with Crippen LogP contribution in [0.3, 0.4) is 0 Å². The largest absolute Gasteiger partial charge is 0.322 e. The maximum atomic E-state index is 13.8. The third-order valence-electron chi connectivity index (χ3n) is 6.09. The van der Waals surface area contributed by atoms with Crippen molar-refractivity contribution in [3.05, 3.63) is 114 Å². The molecule has 0 spiro atoms. The van der Waals surface area contributed by atoms with Gasteiger partial charge in [0, 0.05) is 29.0 Å². The van der Waals surface area contributed by atoms with Crippen LogP contribution >= 0.6 is 22.9 Å². The van der Waals surface area contributed by atoms with E-state index in [1.54, 1.807) is 17.6 Å². The molecule has 0 saturated heterocycles. The minimum absolute atomic E-state index is 0.232. The zero-order chi connectivity index (χ0) is 25.4. The standard InChI is InChI=1S/C27H24ClN5O2S/c1-4-32-15-18(16(2)31-32)14-22-26(35)33-24(20-12-8-9-13-21(20)28)23(17(3)29-27(33)36-22)25(34)30-19-10-6-5-7-11-19/h5-15,24H,4H2,1-3H3,(H,30,34)/b22-14+/t24-/m0/s1. The number of halogens is 1. The van der Waals surface area contributed by atoms with Gasteiger partial charge in [0.2, 0.25) is 0 Å². The number of nitrogens with one attached hydrogen (secondary N) is 1. The number of amides is 1. The Morgan fingerprint density at radius 2 is 1.86 bits per heavy atom. The van der Waals surface area contributed by atoms with Gasteiger partial charge in [-0.3, -0.25) is 18.8 Å². The molecule has 2 aromatic carbocycles. The van der Waals surface area contributed by atoms with Crippen LogP contribution in [0, 0.1) is 6.92 Å². The molecule has 182 valence electrons. The Hall–Kier alpha value is -3.75. The molecule has 0 bridgehead atoms. The fraction of sp³-hybridized carbons (Fsp3) is 0.185. The van der Waals surface area contributed by atoms with Crippen molar-refractivity contribution < 1.29 is 4.79 Å². The smallest absolute Gasteiger partial charge is 0.271 e. The van der Waals surface area contributed by atoms with Gasteiger partial charge in [-0.2, -0.15) is 5.10 Å².